The van der Waals surface area contributed by atoms with Crippen LogP contribution in [-0.2, 0) is 23.1 Å². The van der Waals surface area contributed by atoms with Crippen LogP contribution in [0.2, 0.25) is 0 Å². The second-order valence-corrected chi connectivity index (χ2v) is 10.3. The molecule has 0 spiro atoms. The number of rotatable bonds is 4. The summed E-state index contributed by atoms with van der Waals surface area (Å²) in [7, 11) is 1.68. The van der Waals surface area contributed by atoms with Gasteiger partial charge in [-0.05, 0) is 52.7 Å². The molecule has 0 amide bonds. The quantitative estimate of drug-likeness (QED) is 0.785. The lowest BCUT2D eigenvalue weighted by atomic mass is 9.98. The maximum atomic E-state index is 14.3. The Kier molecular flexibility index (Phi) is 6.14. The molecule has 0 radical (unpaired) electrons. The summed E-state index contributed by atoms with van der Waals surface area (Å²) in [5, 5.41) is 0.239. The molecular formula is C20H28FN3O3S. The number of nitrogens with one attached hydrogen (secondary N) is 1. The molecule has 1 unspecified atom stereocenters. The molecule has 1 saturated heterocycles. The van der Waals surface area contributed by atoms with Crippen molar-refractivity contribution in [3.8, 4) is 0 Å². The predicted octanol–water partition coefficient (Wildman–Crippen LogP) is 3.08. The molecule has 0 saturated carbocycles. The summed E-state index contributed by atoms with van der Waals surface area (Å²) in [6.45, 7) is 8.68. The number of halogens is 1. The van der Waals surface area contributed by atoms with E-state index < -0.39 is 28.0 Å². The van der Waals surface area contributed by atoms with Gasteiger partial charge in [-0.15, -0.1) is 4.72 Å². The highest BCUT2D eigenvalue weighted by Gasteiger charge is 2.30. The molecule has 3 rings (SSSR count). The van der Waals surface area contributed by atoms with E-state index in [0.29, 0.717) is 30.1 Å². The van der Waals surface area contributed by atoms with Crippen molar-refractivity contribution in [2.45, 2.75) is 57.2 Å². The molecule has 0 aliphatic carbocycles. The summed E-state index contributed by atoms with van der Waals surface area (Å²) in [4.78, 5) is 17.7. The maximum absolute atomic E-state index is 14.3. The topological polar surface area (TPSA) is 79.2 Å². The van der Waals surface area contributed by atoms with Gasteiger partial charge in [0.05, 0.1) is 16.9 Å². The molecule has 8 heteroatoms. The minimum Gasteiger partial charge on any atom is -0.598 e. The molecule has 154 valence electrons. The number of aromatic nitrogens is 2. The van der Waals surface area contributed by atoms with Crippen molar-refractivity contribution in [1.82, 2.24) is 14.3 Å². The van der Waals surface area contributed by atoms with Crippen LogP contribution in [0.25, 0.3) is 10.9 Å². The Labute approximate surface area is 167 Å². The first-order valence-electron chi connectivity index (χ1n) is 9.55. The zero-order chi connectivity index (χ0) is 20.6. The summed E-state index contributed by atoms with van der Waals surface area (Å²) < 4.78 is 36.3. The second-order valence-electron chi connectivity index (χ2n) is 8.33. The van der Waals surface area contributed by atoms with E-state index in [0.717, 1.165) is 12.8 Å². The van der Waals surface area contributed by atoms with Gasteiger partial charge in [-0.2, -0.15) is 0 Å². The van der Waals surface area contributed by atoms with Gasteiger partial charge >= 0.3 is 0 Å². The fraction of sp³-hybridized carbons (Fsp3) is 0.600. The Morgan fingerprint density at radius 1 is 1.36 bits per heavy atom. The van der Waals surface area contributed by atoms with Crippen LogP contribution < -0.4 is 10.3 Å². The maximum Gasteiger partial charge on any atom is 0.261 e. The van der Waals surface area contributed by atoms with Crippen molar-refractivity contribution in [2.24, 2.45) is 7.05 Å². The first-order chi connectivity index (χ1) is 13.1. The predicted molar refractivity (Wildman–Crippen MR) is 109 cm³/mol. The SMILES string of the molecule is C[C@@H](N[S+]([O-])C(C)(C)C)c1cc(F)cc2c(=O)n(C)c(C3CCOCC3)nc12. The molecule has 6 nitrogen and oxygen atoms in total. The highest BCUT2D eigenvalue weighted by molar-refractivity contribution is 7.90. The molecule has 1 fully saturated rings. The molecule has 28 heavy (non-hydrogen) atoms. The van der Waals surface area contributed by atoms with Crippen LogP contribution in [-0.4, -0.2) is 32.1 Å². The Hall–Kier alpha value is -1.48. The van der Waals surface area contributed by atoms with Crippen molar-refractivity contribution < 1.29 is 13.7 Å². The fourth-order valence-corrected chi connectivity index (χ4v) is 4.24. The monoisotopic (exact) mass is 409 g/mol. The van der Waals surface area contributed by atoms with E-state index in [1.165, 1.54) is 16.7 Å². The van der Waals surface area contributed by atoms with Crippen LogP contribution in [0.3, 0.4) is 0 Å². The van der Waals surface area contributed by atoms with Crippen LogP contribution in [0.4, 0.5) is 4.39 Å². The van der Waals surface area contributed by atoms with E-state index in [-0.39, 0.29) is 16.9 Å². The summed E-state index contributed by atoms with van der Waals surface area (Å²) in [6.07, 6.45) is 1.59. The van der Waals surface area contributed by atoms with E-state index in [4.69, 9.17) is 9.72 Å². The van der Waals surface area contributed by atoms with E-state index in [9.17, 15) is 13.7 Å². The van der Waals surface area contributed by atoms with Crippen molar-refractivity contribution >= 4 is 22.3 Å². The minimum absolute atomic E-state index is 0.126. The van der Waals surface area contributed by atoms with Gasteiger partial charge in [0.2, 0.25) is 0 Å². The standard InChI is InChI=1S/C20H28FN3O3S/c1-12(23-28(26)20(2,3)4)15-10-14(21)11-16-17(15)22-18(24(5)19(16)25)13-6-8-27-9-7-13/h10-13,23H,6-9H2,1-5H3/t12-,28?/m1/s1. The lowest BCUT2D eigenvalue weighted by Crippen LogP contribution is -2.40. The first kappa shape index (κ1) is 21.2. The largest absolute Gasteiger partial charge is 0.598 e. The smallest absolute Gasteiger partial charge is 0.261 e. The van der Waals surface area contributed by atoms with Crippen molar-refractivity contribution in [3.05, 3.63) is 39.7 Å². The highest BCUT2D eigenvalue weighted by atomic mass is 32.2. The van der Waals surface area contributed by atoms with E-state index in [1.54, 1.807) is 7.05 Å². The fourth-order valence-electron chi connectivity index (χ4n) is 3.43. The molecule has 0 bridgehead atoms. The zero-order valence-electron chi connectivity index (χ0n) is 17.0. The number of benzene rings is 1. The minimum atomic E-state index is -1.34. The Balaban J connectivity index is 2.12. The normalized spacial score (nSPS) is 18.4. The number of ether oxygens (including phenoxy) is 1. The lowest BCUT2D eigenvalue weighted by molar-refractivity contribution is 0.0828. The molecule has 2 aromatic rings. The van der Waals surface area contributed by atoms with Crippen molar-refractivity contribution in [3.63, 3.8) is 0 Å². The zero-order valence-corrected chi connectivity index (χ0v) is 17.9. The summed E-state index contributed by atoms with van der Waals surface area (Å²) >= 11 is -1.34. The molecule has 1 aromatic carbocycles. The molecule has 1 aliphatic rings. The summed E-state index contributed by atoms with van der Waals surface area (Å²) in [5.74, 6) is 0.314. The molecular weight excluding hydrogens is 381 g/mol. The number of hydrogen-bond acceptors (Lipinski definition) is 5. The van der Waals surface area contributed by atoms with Gasteiger partial charge in [0.15, 0.2) is 0 Å². The van der Waals surface area contributed by atoms with Gasteiger partial charge in [-0.1, -0.05) is 0 Å². The summed E-state index contributed by atoms with van der Waals surface area (Å²) in [5.41, 5.74) is 0.742. The van der Waals surface area contributed by atoms with E-state index >= 15 is 0 Å². The number of nitrogens with zero attached hydrogens (tertiary/aromatic N) is 2. The third-order valence-electron chi connectivity index (χ3n) is 5.10. The van der Waals surface area contributed by atoms with Gasteiger partial charge in [0, 0.05) is 43.1 Å². The molecule has 2 heterocycles. The van der Waals surface area contributed by atoms with Gasteiger partial charge < -0.3 is 9.29 Å². The van der Waals surface area contributed by atoms with Crippen LogP contribution >= 0.6 is 0 Å². The van der Waals surface area contributed by atoms with Crippen molar-refractivity contribution in [1.29, 1.82) is 0 Å². The Morgan fingerprint density at radius 3 is 2.61 bits per heavy atom. The first-order valence-corrected chi connectivity index (χ1v) is 10.7. The van der Waals surface area contributed by atoms with E-state index in [2.05, 4.69) is 4.72 Å². The molecule has 1 aromatic heterocycles. The highest BCUT2D eigenvalue weighted by Crippen LogP contribution is 2.29. The Morgan fingerprint density at radius 2 is 2.00 bits per heavy atom. The second kappa shape index (κ2) is 8.10. The van der Waals surface area contributed by atoms with Gasteiger partial charge in [-0.3, -0.25) is 9.36 Å². The summed E-state index contributed by atoms with van der Waals surface area (Å²) in [6, 6.07) is 2.18. The van der Waals surface area contributed by atoms with Crippen LogP contribution in [0.1, 0.15) is 63.9 Å². The third-order valence-corrected chi connectivity index (χ3v) is 6.78. The van der Waals surface area contributed by atoms with Crippen molar-refractivity contribution in [2.75, 3.05) is 13.2 Å². The number of fused-ring (bicyclic) bond motifs is 1. The van der Waals surface area contributed by atoms with Crippen LogP contribution in [0.15, 0.2) is 16.9 Å². The molecule has 2 atom stereocenters. The van der Waals surface area contributed by atoms with Gasteiger partial charge in [-0.25, -0.2) is 9.37 Å². The Bertz CT molecular complexity index is 920. The average Bonchev–Trinajstić information content (AvgIpc) is 2.64. The van der Waals surface area contributed by atoms with Gasteiger partial charge in [0.25, 0.3) is 5.56 Å². The third kappa shape index (κ3) is 4.25. The molecule has 1 N–H and O–H groups in total. The van der Waals surface area contributed by atoms with Crippen LogP contribution in [0.5, 0.6) is 0 Å². The van der Waals surface area contributed by atoms with Gasteiger partial charge in [0.1, 0.15) is 16.4 Å². The average molecular weight is 410 g/mol. The van der Waals surface area contributed by atoms with Crippen LogP contribution in [0, 0.1) is 5.82 Å². The molecule has 1 aliphatic heterocycles. The van der Waals surface area contributed by atoms with E-state index in [1.807, 2.05) is 27.7 Å². The lowest BCUT2D eigenvalue weighted by Gasteiger charge is -2.27. The number of hydrogen-bond donors (Lipinski definition) is 1.